The average Bonchev–Trinajstić information content (AvgIpc) is 3.50. The van der Waals surface area contributed by atoms with Crippen molar-refractivity contribution in [2.24, 2.45) is 0 Å². The van der Waals surface area contributed by atoms with Crippen LogP contribution in [0.3, 0.4) is 0 Å². The zero-order valence-electron chi connectivity index (χ0n) is 21.5. The molecule has 0 aliphatic carbocycles. The number of hydroxylamine groups is 1. The summed E-state index contributed by atoms with van der Waals surface area (Å²) < 4.78 is 5.96. The Balaban J connectivity index is 1.69. The van der Waals surface area contributed by atoms with E-state index in [-0.39, 0.29) is 24.1 Å². The van der Waals surface area contributed by atoms with Gasteiger partial charge in [0, 0.05) is 30.6 Å². The van der Waals surface area contributed by atoms with Gasteiger partial charge < -0.3 is 19.8 Å². The van der Waals surface area contributed by atoms with E-state index in [9.17, 15) is 14.4 Å². The number of hydrogen-bond donors (Lipinski definition) is 3. The number of unbranched alkanes of at least 4 members (excludes halogenated alkanes) is 1. The molecule has 10 nitrogen and oxygen atoms in total. The minimum Gasteiger partial charge on any atom is -0.459 e. The predicted octanol–water partition coefficient (Wildman–Crippen LogP) is 3.95. The normalized spacial score (nSPS) is 15.2. The number of benzene rings is 1. The number of carbonyl (C=O) groups excluding carboxylic acids is 3. The van der Waals surface area contributed by atoms with E-state index in [1.165, 1.54) is 0 Å². The first-order valence-corrected chi connectivity index (χ1v) is 12.4. The number of nitrogens with one attached hydrogen (secondary N) is 3. The van der Waals surface area contributed by atoms with Crippen molar-refractivity contribution in [3.05, 3.63) is 53.0 Å². The minimum atomic E-state index is -0.622. The number of rotatable bonds is 10. The fourth-order valence-corrected chi connectivity index (χ4v) is 3.84. The standard InChI is InChI=1S/C26H35N5O5/c1-6-9-13-22(32)36-30-25(34)23-16(4)31(5)26(35-23)18-12-10-11-17(14-18)20-15-21(29-28-20)24(33)27-19(7-2)8-3/h10-12,14-15,19,26H,6-9,13H2,1-5H3,(H,27,33)(H,28,29)(H,30,34)/t26-/m0/s1. The van der Waals surface area contributed by atoms with Gasteiger partial charge in [-0.05, 0) is 38.3 Å². The number of aromatic nitrogens is 2. The van der Waals surface area contributed by atoms with Gasteiger partial charge >= 0.3 is 11.9 Å². The Morgan fingerprint density at radius 1 is 1.17 bits per heavy atom. The SMILES string of the molecule is CCCCC(=O)ONC(=O)C1=C(C)N(C)[C@H](c2cccc(-c3cc(C(=O)NC(CC)CC)[nH]n3)c2)O1. The summed E-state index contributed by atoms with van der Waals surface area (Å²) in [7, 11) is 1.81. The molecule has 1 aromatic heterocycles. The second-order valence-electron chi connectivity index (χ2n) is 8.78. The van der Waals surface area contributed by atoms with Gasteiger partial charge in [0.25, 0.3) is 5.91 Å². The van der Waals surface area contributed by atoms with Gasteiger partial charge in [0.05, 0.1) is 11.4 Å². The van der Waals surface area contributed by atoms with Gasteiger partial charge in [-0.3, -0.25) is 14.7 Å². The Morgan fingerprint density at radius 3 is 2.61 bits per heavy atom. The number of H-pyrrole nitrogens is 1. The Hall–Kier alpha value is -3.82. The highest BCUT2D eigenvalue weighted by Crippen LogP contribution is 2.36. The summed E-state index contributed by atoms with van der Waals surface area (Å²) in [5.74, 6) is -1.23. The molecule has 0 radical (unpaired) electrons. The summed E-state index contributed by atoms with van der Waals surface area (Å²) >= 11 is 0. The summed E-state index contributed by atoms with van der Waals surface area (Å²) in [4.78, 5) is 43.5. The fourth-order valence-electron chi connectivity index (χ4n) is 3.84. The molecule has 0 saturated carbocycles. The summed E-state index contributed by atoms with van der Waals surface area (Å²) in [5, 5.41) is 10.1. The molecular weight excluding hydrogens is 462 g/mol. The number of carbonyl (C=O) groups is 3. The lowest BCUT2D eigenvalue weighted by Gasteiger charge is -2.22. The molecule has 2 aromatic rings. The van der Waals surface area contributed by atoms with E-state index in [2.05, 4.69) is 21.0 Å². The van der Waals surface area contributed by atoms with Crippen molar-refractivity contribution in [3.8, 4) is 11.3 Å². The number of hydrogen-bond acceptors (Lipinski definition) is 7. The third kappa shape index (κ3) is 6.24. The Morgan fingerprint density at radius 2 is 1.92 bits per heavy atom. The van der Waals surface area contributed by atoms with Gasteiger partial charge in [-0.1, -0.05) is 45.4 Å². The molecule has 194 valence electrons. The topological polar surface area (TPSA) is 126 Å². The van der Waals surface area contributed by atoms with Gasteiger partial charge in [-0.15, -0.1) is 0 Å². The molecule has 2 amide bonds. The van der Waals surface area contributed by atoms with Crippen LogP contribution in [0.2, 0.25) is 0 Å². The third-order valence-corrected chi connectivity index (χ3v) is 6.25. The Bertz CT molecular complexity index is 1120. The monoisotopic (exact) mass is 497 g/mol. The number of nitrogens with zero attached hydrogens (tertiary/aromatic N) is 2. The molecular formula is C26H35N5O5. The van der Waals surface area contributed by atoms with Crippen molar-refractivity contribution >= 4 is 17.8 Å². The molecule has 0 bridgehead atoms. The van der Waals surface area contributed by atoms with Gasteiger partial charge in [-0.2, -0.15) is 10.6 Å². The molecule has 1 aliphatic rings. The molecule has 2 heterocycles. The molecule has 1 aliphatic heterocycles. The highest BCUT2D eigenvalue weighted by atomic mass is 16.7. The molecule has 0 fully saturated rings. The smallest absolute Gasteiger partial charge is 0.332 e. The maximum Gasteiger partial charge on any atom is 0.332 e. The van der Waals surface area contributed by atoms with E-state index >= 15 is 0 Å². The zero-order valence-corrected chi connectivity index (χ0v) is 21.5. The number of aromatic amines is 1. The van der Waals surface area contributed by atoms with Crippen LogP contribution in [0.25, 0.3) is 11.3 Å². The highest BCUT2D eigenvalue weighted by molar-refractivity contribution is 5.93. The van der Waals surface area contributed by atoms with Crippen molar-refractivity contribution in [2.45, 2.75) is 72.1 Å². The lowest BCUT2D eigenvalue weighted by atomic mass is 10.1. The van der Waals surface area contributed by atoms with E-state index in [1.54, 1.807) is 13.0 Å². The van der Waals surface area contributed by atoms with Crippen molar-refractivity contribution in [3.63, 3.8) is 0 Å². The van der Waals surface area contributed by atoms with Crippen molar-refractivity contribution in [2.75, 3.05) is 7.05 Å². The van der Waals surface area contributed by atoms with Crippen LogP contribution in [0.5, 0.6) is 0 Å². The van der Waals surface area contributed by atoms with Crippen molar-refractivity contribution < 1.29 is 24.0 Å². The van der Waals surface area contributed by atoms with E-state index in [1.807, 2.05) is 57.0 Å². The van der Waals surface area contributed by atoms with Crippen molar-refractivity contribution in [1.29, 1.82) is 0 Å². The van der Waals surface area contributed by atoms with Gasteiger partial charge in [0.2, 0.25) is 5.76 Å². The number of amides is 2. The molecule has 36 heavy (non-hydrogen) atoms. The minimum absolute atomic E-state index is 0.0799. The largest absolute Gasteiger partial charge is 0.459 e. The van der Waals surface area contributed by atoms with Crippen LogP contribution >= 0.6 is 0 Å². The second kappa shape index (κ2) is 12.2. The summed E-state index contributed by atoms with van der Waals surface area (Å²) in [6.07, 6.45) is 2.93. The first-order chi connectivity index (χ1) is 17.3. The van der Waals surface area contributed by atoms with E-state index in [4.69, 9.17) is 9.57 Å². The second-order valence-corrected chi connectivity index (χ2v) is 8.78. The van der Waals surface area contributed by atoms with Crippen LogP contribution in [0.1, 0.15) is 82.1 Å². The van der Waals surface area contributed by atoms with Crippen LogP contribution in [-0.4, -0.2) is 46.0 Å². The maximum atomic E-state index is 12.6. The van der Waals surface area contributed by atoms with E-state index < -0.39 is 18.1 Å². The van der Waals surface area contributed by atoms with E-state index in [0.717, 1.165) is 30.4 Å². The van der Waals surface area contributed by atoms with Crippen LogP contribution in [0.4, 0.5) is 0 Å². The molecule has 3 rings (SSSR count). The molecule has 0 spiro atoms. The lowest BCUT2D eigenvalue weighted by Crippen LogP contribution is -2.33. The summed E-state index contributed by atoms with van der Waals surface area (Å²) in [6.45, 7) is 7.79. The molecule has 1 atom stereocenters. The Kier molecular flexibility index (Phi) is 9.10. The van der Waals surface area contributed by atoms with Crippen LogP contribution < -0.4 is 10.8 Å². The molecule has 0 saturated heterocycles. The van der Waals surface area contributed by atoms with Gasteiger partial charge in [-0.25, -0.2) is 4.79 Å². The number of ether oxygens (including phenoxy) is 1. The molecule has 1 aromatic carbocycles. The van der Waals surface area contributed by atoms with Crippen LogP contribution in [0.15, 0.2) is 41.8 Å². The third-order valence-electron chi connectivity index (χ3n) is 6.25. The van der Waals surface area contributed by atoms with Crippen molar-refractivity contribution in [1.82, 2.24) is 25.9 Å². The first kappa shape index (κ1) is 26.8. The number of allylic oxidation sites excluding steroid dienone is 1. The average molecular weight is 498 g/mol. The summed E-state index contributed by atoms with van der Waals surface area (Å²) in [6, 6.07) is 9.37. The van der Waals surface area contributed by atoms with Crippen LogP contribution in [0, 0.1) is 0 Å². The van der Waals surface area contributed by atoms with Gasteiger partial charge in [0.1, 0.15) is 5.69 Å². The lowest BCUT2D eigenvalue weighted by molar-refractivity contribution is -0.158. The Labute approximate surface area is 211 Å². The maximum absolute atomic E-state index is 12.6. The first-order valence-electron chi connectivity index (χ1n) is 12.4. The summed E-state index contributed by atoms with van der Waals surface area (Å²) in [5.41, 5.74) is 5.38. The van der Waals surface area contributed by atoms with E-state index in [0.29, 0.717) is 23.5 Å². The molecule has 3 N–H and O–H groups in total. The quantitative estimate of drug-likeness (QED) is 0.424. The highest BCUT2D eigenvalue weighted by Gasteiger charge is 2.34. The molecule has 10 heteroatoms. The van der Waals surface area contributed by atoms with Crippen LogP contribution in [-0.2, 0) is 19.2 Å². The predicted molar refractivity (Wildman–Crippen MR) is 134 cm³/mol. The van der Waals surface area contributed by atoms with Gasteiger partial charge in [0.15, 0.2) is 6.23 Å². The zero-order chi connectivity index (χ0) is 26.2. The fraction of sp³-hybridized carbons (Fsp3) is 0.462. The molecule has 0 unspecified atom stereocenters.